The molecule has 1 fully saturated rings. The molecule has 0 bridgehead atoms. The van der Waals surface area contributed by atoms with Crippen molar-refractivity contribution in [1.29, 1.82) is 0 Å². The lowest BCUT2D eigenvalue weighted by Crippen LogP contribution is -2.20. The first kappa shape index (κ1) is 10.7. The number of hydrogen-bond donors (Lipinski definition) is 2. The quantitative estimate of drug-likeness (QED) is 0.779. The molecule has 1 saturated carbocycles. The molecule has 1 aliphatic rings. The predicted molar refractivity (Wildman–Crippen MR) is 59.7 cm³/mol. The van der Waals surface area contributed by atoms with Crippen LogP contribution >= 0.6 is 0 Å². The summed E-state index contributed by atoms with van der Waals surface area (Å²) in [6.07, 6.45) is 2.33. The molecule has 4 nitrogen and oxygen atoms in total. The Morgan fingerprint density at radius 1 is 1.12 bits per heavy atom. The SMILES string of the molecule is NC(=O)CC1(c2ccc(C(N)=O)cc2)CC1. The van der Waals surface area contributed by atoms with Crippen molar-refractivity contribution in [3.8, 4) is 0 Å². The van der Waals surface area contributed by atoms with Crippen LogP contribution in [0, 0.1) is 0 Å². The Kier molecular flexibility index (Phi) is 2.42. The number of amides is 2. The second-order valence-electron chi connectivity index (χ2n) is 4.37. The van der Waals surface area contributed by atoms with Crippen LogP contribution in [0.15, 0.2) is 24.3 Å². The summed E-state index contributed by atoms with van der Waals surface area (Å²) in [6, 6.07) is 7.10. The molecule has 0 atom stereocenters. The minimum Gasteiger partial charge on any atom is -0.370 e. The van der Waals surface area contributed by atoms with Crippen molar-refractivity contribution < 1.29 is 9.59 Å². The number of carbonyl (C=O) groups is 2. The van der Waals surface area contributed by atoms with Gasteiger partial charge in [-0.15, -0.1) is 0 Å². The number of hydrogen-bond acceptors (Lipinski definition) is 2. The minimum absolute atomic E-state index is 0.0813. The molecule has 0 saturated heterocycles. The Morgan fingerprint density at radius 3 is 2.06 bits per heavy atom. The smallest absolute Gasteiger partial charge is 0.248 e. The van der Waals surface area contributed by atoms with Crippen molar-refractivity contribution in [2.24, 2.45) is 11.5 Å². The fourth-order valence-corrected chi connectivity index (χ4v) is 2.04. The van der Waals surface area contributed by atoms with Gasteiger partial charge < -0.3 is 11.5 Å². The van der Waals surface area contributed by atoms with Crippen LogP contribution in [0.3, 0.4) is 0 Å². The van der Waals surface area contributed by atoms with Crippen molar-refractivity contribution in [1.82, 2.24) is 0 Å². The Morgan fingerprint density at radius 2 is 1.69 bits per heavy atom. The van der Waals surface area contributed by atoms with Crippen LogP contribution in [0.4, 0.5) is 0 Å². The molecule has 0 aromatic heterocycles. The molecule has 84 valence electrons. The molecule has 0 radical (unpaired) electrons. The van der Waals surface area contributed by atoms with E-state index in [-0.39, 0.29) is 11.3 Å². The molecule has 0 unspecified atom stereocenters. The second-order valence-corrected chi connectivity index (χ2v) is 4.37. The summed E-state index contributed by atoms with van der Waals surface area (Å²) >= 11 is 0. The molecule has 0 aliphatic heterocycles. The number of benzene rings is 1. The lowest BCUT2D eigenvalue weighted by atomic mass is 9.91. The molecule has 16 heavy (non-hydrogen) atoms. The van der Waals surface area contributed by atoms with Gasteiger partial charge in [-0.25, -0.2) is 0 Å². The fourth-order valence-electron chi connectivity index (χ4n) is 2.04. The highest BCUT2D eigenvalue weighted by Crippen LogP contribution is 2.50. The Hall–Kier alpha value is -1.84. The molecule has 0 heterocycles. The third kappa shape index (κ3) is 1.91. The predicted octanol–water partition coefficient (Wildman–Crippen LogP) is 0.692. The lowest BCUT2D eigenvalue weighted by molar-refractivity contribution is -0.118. The highest BCUT2D eigenvalue weighted by Gasteiger charge is 2.45. The van der Waals surface area contributed by atoms with Crippen molar-refractivity contribution in [3.05, 3.63) is 35.4 Å². The van der Waals surface area contributed by atoms with Gasteiger partial charge in [0.05, 0.1) is 0 Å². The van der Waals surface area contributed by atoms with Gasteiger partial charge in [-0.2, -0.15) is 0 Å². The van der Waals surface area contributed by atoms with Crippen LogP contribution < -0.4 is 11.5 Å². The standard InChI is InChI=1S/C12H14N2O2/c13-10(15)7-12(5-6-12)9-3-1-8(2-4-9)11(14)16/h1-4H,5-7H2,(H2,13,15)(H2,14,16). The molecule has 4 N–H and O–H groups in total. The molecule has 0 spiro atoms. The summed E-state index contributed by atoms with van der Waals surface area (Å²) in [5, 5.41) is 0. The third-order valence-electron chi connectivity index (χ3n) is 3.15. The van der Waals surface area contributed by atoms with E-state index >= 15 is 0 Å². The first-order valence-corrected chi connectivity index (χ1v) is 5.22. The van der Waals surface area contributed by atoms with Crippen LogP contribution in [-0.4, -0.2) is 11.8 Å². The molecule has 2 rings (SSSR count). The molecule has 1 aliphatic carbocycles. The van der Waals surface area contributed by atoms with Gasteiger partial charge in [-0.3, -0.25) is 9.59 Å². The van der Waals surface area contributed by atoms with E-state index in [1.807, 2.05) is 12.1 Å². The summed E-state index contributed by atoms with van der Waals surface area (Å²) in [7, 11) is 0. The van der Waals surface area contributed by atoms with E-state index in [9.17, 15) is 9.59 Å². The fraction of sp³-hybridized carbons (Fsp3) is 0.333. The molecule has 1 aromatic carbocycles. The van der Waals surface area contributed by atoms with Crippen LogP contribution in [0.5, 0.6) is 0 Å². The zero-order valence-corrected chi connectivity index (χ0v) is 8.90. The molecule has 4 heteroatoms. The van der Waals surface area contributed by atoms with E-state index in [4.69, 9.17) is 11.5 Å². The maximum atomic E-state index is 11.0. The zero-order valence-electron chi connectivity index (χ0n) is 8.90. The summed E-state index contributed by atoms with van der Waals surface area (Å²) < 4.78 is 0. The van der Waals surface area contributed by atoms with E-state index < -0.39 is 5.91 Å². The highest BCUT2D eigenvalue weighted by atomic mass is 16.1. The summed E-state index contributed by atoms with van der Waals surface area (Å²) in [5.74, 6) is -0.720. The van der Waals surface area contributed by atoms with Gasteiger partial charge in [-0.05, 0) is 30.5 Å². The maximum Gasteiger partial charge on any atom is 0.248 e. The number of rotatable bonds is 4. The van der Waals surface area contributed by atoms with E-state index in [1.165, 1.54) is 0 Å². The summed E-state index contributed by atoms with van der Waals surface area (Å²) in [5.41, 5.74) is 11.8. The van der Waals surface area contributed by atoms with Crippen molar-refractivity contribution in [3.63, 3.8) is 0 Å². The van der Waals surface area contributed by atoms with Crippen LogP contribution in [-0.2, 0) is 10.2 Å². The molecule has 2 amide bonds. The normalized spacial score (nSPS) is 16.8. The molecular weight excluding hydrogens is 204 g/mol. The van der Waals surface area contributed by atoms with Crippen LogP contribution in [0.2, 0.25) is 0 Å². The zero-order chi connectivity index (χ0) is 11.8. The first-order valence-electron chi connectivity index (χ1n) is 5.22. The Balaban J connectivity index is 2.22. The van der Waals surface area contributed by atoms with E-state index in [0.717, 1.165) is 18.4 Å². The second kappa shape index (κ2) is 3.63. The van der Waals surface area contributed by atoms with Gasteiger partial charge in [0, 0.05) is 17.4 Å². The average Bonchev–Trinajstić information content (AvgIpc) is 2.98. The van der Waals surface area contributed by atoms with Crippen LogP contribution in [0.25, 0.3) is 0 Å². The van der Waals surface area contributed by atoms with E-state index in [0.29, 0.717) is 12.0 Å². The molecular formula is C12H14N2O2. The van der Waals surface area contributed by atoms with Crippen LogP contribution in [0.1, 0.15) is 35.2 Å². The third-order valence-corrected chi connectivity index (χ3v) is 3.15. The van der Waals surface area contributed by atoms with Crippen molar-refractivity contribution in [2.45, 2.75) is 24.7 Å². The summed E-state index contributed by atoms with van der Waals surface area (Å²) in [6.45, 7) is 0. The highest BCUT2D eigenvalue weighted by molar-refractivity contribution is 5.92. The van der Waals surface area contributed by atoms with Gasteiger partial charge in [0.1, 0.15) is 0 Å². The number of nitrogens with two attached hydrogens (primary N) is 2. The van der Waals surface area contributed by atoms with Crippen molar-refractivity contribution in [2.75, 3.05) is 0 Å². The largest absolute Gasteiger partial charge is 0.370 e. The van der Waals surface area contributed by atoms with Gasteiger partial charge in [-0.1, -0.05) is 12.1 Å². The summed E-state index contributed by atoms with van der Waals surface area (Å²) in [4.78, 5) is 21.9. The van der Waals surface area contributed by atoms with Crippen molar-refractivity contribution >= 4 is 11.8 Å². The minimum atomic E-state index is -0.439. The topological polar surface area (TPSA) is 86.2 Å². The van der Waals surface area contributed by atoms with Gasteiger partial charge in [0.2, 0.25) is 11.8 Å². The Bertz CT molecular complexity index is 433. The average molecular weight is 218 g/mol. The lowest BCUT2D eigenvalue weighted by Gasteiger charge is -2.13. The molecule has 1 aromatic rings. The van der Waals surface area contributed by atoms with E-state index in [1.54, 1.807) is 12.1 Å². The maximum absolute atomic E-state index is 11.0. The number of carbonyl (C=O) groups excluding carboxylic acids is 2. The first-order chi connectivity index (χ1) is 7.53. The van der Waals surface area contributed by atoms with Gasteiger partial charge >= 0.3 is 0 Å². The van der Waals surface area contributed by atoms with Gasteiger partial charge in [0.25, 0.3) is 0 Å². The van der Waals surface area contributed by atoms with Gasteiger partial charge in [0.15, 0.2) is 0 Å². The monoisotopic (exact) mass is 218 g/mol. The van der Waals surface area contributed by atoms with E-state index in [2.05, 4.69) is 0 Å². The number of primary amides is 2. The Labute approximate surface area is 93.6 Å².